The summed E-state index contributed by atoms with van der Waals surface area (Å²) in [4.78, 5) is 32.6. The fourth-order valence-corrected chi connectivity index (χ4v) is 5.04. The lowest BCUT2D eigenvalue weighted by Crippen LogP contribution is -2.29. The summed E-state index contributed by atoms with van der Waals surface area (Å²) in [5, 5.41) is 11.5. The van der Waals surface area contributed by atoms with E-state index in [0.717, 1.165) is 24.8 Å². The zero-order chi connectivity index (χ0) is 28.8. The van der Waals surface area contributed by atoms with Gasteiger partial charge in [-0.25, -0.2) is 0 Å². The van der Waals surface area contributed by atoms with Crippen LogP contribution in [0.25, 0.3) is 5.76 Å². The molecule has 214 valence electrons. The molecule has 2 aliphatic rings. The van der Waals surface area contributed by atoms with Crippen molar-refractivity contribution in [2.75, 3.05) is 26.4 Å². The van der Waals surface area contributed by atoms with E-state index in [9.17, 15) is 14.7 Å². The number of pyridine rings is 1. The maximum absolute atomic E-state index is 13.5. The van der Waals surface area contributed by atoms with Crippen molar-refractivity contribution < 1.29 is 33.6 Å². The normalized spacial score (nSPS) is 17.5. The first-order valence-corrected chi connectivity index (χ1v) is 14.0. The summed E-state index contributed by atoms with van der Waals surface area (Å²) < 4.78 is 23.2. The number of hydrogen-bond donors (Lipinski definition) is 1. The van der Waals surface area contributed by atoms with Gasteiger partial charge >= 0.3 is 0 Å². The summed E-state index contributed by atoms with van der Waals surface area (Å²) in [6.45, 7) is 5.90. The van der Waals surface area contributed by atoms with Gasteiger partial charge < -0.3 is 29.0 Å². The van der Waals surface area contributed by atoms with Crippen molar-refractivity contribution in [3.63, 3.8) is 0 Å². The summed E-state index contributed by atoms with van der Waals surface area (Å²) >= 11 is 0. The number of fused-ring (bicyclic) bond motifs is 1. The van der Waals surface area contributed by atoms with Crippen LogP contribution in [-0.4, -0.2) is 53.1 Å². The standard InChI is InChI=1S/C32H34N2O7/c1-3-5-6-14-39-24-11-9-22(17-26(24)38-4-2)29-28(30(35)23-10-12-25-27(18-23)41-16-15-40-25)31(36)32(37)34(29)20-21-8-7-13-33-19-21/h7-13,17-19,29,35H,3-6,14-16,20H2,1-2H3/b30-28+/t29-/m0/s1. The molecule has 41 heavy (non-hydrogen) atoms. The Morgan fingerprint density at radius 2 is 1.83 bits per heavy atom. The summed E-state index contributed by atoms with van der Waals surface area (Å²) in [5.74, 6) is 0.328. The van der Waals surface area contributed by atoms with Gasteiger partial charge in [-0.3, -0.25) is 14.6 Å². The molecule has 0 unspecified atom stereocenters. The Hall–Kier alpha value is -4.53. The second-order valence-electron chi connectivity index (χ2n) is 9.84. The molecule has 2 aromatic carbocycles. The molecule has 1 N–H and O–H groups in total. The first-order chi connectivity index (χ1) is 20.0. The monoisotopic (exact) mass is 558 g/mol. The molecule has 1 atom stereocenters. The molecule has 1 fully saturated rings. The summed E-state index contributed by atoms with van der Waals surface area (Å²) in [5.41, 5.74) is 1.69. The molecule has 1 saturated heterocycles. The van der Waals surface area contributed by atoms with Crippen molar-refractivity contribution in [2.45, 2.75) is 45.7 Å². The van der Waals surface area contributed by atoms with Gasteiger partial charge in [-0.05, 0) is 60.9 Å². The first kappa shape index (κ1) is 28.0. The highest BCUT2D eigenvalue weighted by Crippen LogP contribution is 2.43. The second kappa shape index (κ2) is 12.8. The van der Waals surface area contributed by atoms with Crippen LogP contribution in [0.3, 0.4) is 0 Å². The number of aliphatic hydroxyl groups is 1. The number of ether oxygens (including phenoxy) is 4. The molecule has 3 heterocycles. The molecule has 3 aromatic rings. The van der Waals surface area contributed by atoms with Crippen LogP contribution >= 0.6 is 0 Å². The summed E-state index contributed by atoms with van der Waals surface area (Å²) in [6, 6.07) is 13.1. The molecule has 2 aliphatic heterocycles. The lowest BCUT2D eigenvalue weighted by atomic mass is 9.94. The number of amides is 1. The molecule has 0 aliphatic carbocycles. The minimum Gasteiger partial charge on any atom is -0.507 e. The van der Waals surface area contributed by atoms with Gasteiger partial charge in [-0.2, -0.15) is 0 Å². The zero-order valence-corrected chi connectivity index (χ0v) is 23.3. The Bertz CT molecular complexity index is 1440. The van der Waals surface area contributed by atoms with E-state index < -0.39 is 17.7 Å². The highest BCUT2D eigenvalue weighted by atomic mass is 16.6. The van der Waals surface area contributed by atoms with E-state index in [0.29, 0.717) is 60.6 Å². The van der Waals surface area contributed by atoms with Gasteiger partial charge in [0.25, 0.3) is 11.7 Å². The molecule has 9 nitrogen and oxygen atoms in total. The van der Waals surface area contributed by atoms with Crippen molar-refractivity contribution in [3.8, 4) is 23.0 Å². The number of aliphatic hydroxyl groups excluding tert-OH is 1. The Kier molecular flexibility index (Phi) is 8.72. The van der Waals surface area contributed by atoms with Gasteiger partial charge in [0.2, 0.25) is 0 Å². The number of ketones is 1. The van der Waals surface area contributed by atoms with Crippen LogP contribution in [-0.2, 0) is 16.1 Å². The molecule has 0 bridgehead atoms. The smallest absolute Gasteiger partial charge is 0.295 e. The Labute approximate surface area is 239 Å². The number of likely N-dealkylation sites (tertiary alicyclic amines) is 1. The zero-order valence-electron chi connectivity index (χ0n) is 23.3. The number of rotatable bonds is 11. The lowest BCUT2D eigenvalue weighted by molar-refractivity contribution is -0.140. The topological polar surface area (TPSA) is 107 Å². The predicted octanol–water partition coefficient (Wildman–Crippen LogP) is 5.44. The average molecular weight is 559 g/mol. The van der Waals surface area contributed by atoms with E-state index in [1.165, 1.54) is 4.90 Å². The highest BCUT2D eigenvalue weighted by Gasteiger charge is 2.46. The van der Waals surface area contributed by atoms with Gasteiger partial charge in [0.15, 0.2) is 23.0 Å². The maximum Gasteiger partial charge on any atom is 0.295 e. The van der Waals surface area contributed by atoms with Crippen molar-refractivity contribution in [2.24, 2.45) is 0 Å². The van der Waals surface area contributed by atoms with Gasteiger partial charge in [-0.15, -0.1) is 0 Å². The molecule has 0 spiro atoms. The number of benzene rings is 2. The molecular formula is C32H34N2O7. The molecule has 0 radical (unpaired) electrons. The van der Waals surface area contributed by atoms with Crippen molar-refractivity contribution in [1.29, 1.82) is 0 Å². The quantitative estimate of drug-likeness (QED) is 0.143. The molecular weight excluding hydrogens is 524 g/mol. The largest absolute Gasteiger partial charge is 0.507 e. The van der Waals surface area contributed by atoms with Gasteiger partial charge in [0.05, 0.1) is 24.8 Å². The average Bonchev–Trinajstić information content (AvgIpc) is 3.25. The fraction of sp³-hybridized carbons (Fsp3) is 0.344. The van der Waals surface area contributed by atoms with Crippen molar-refractivity contribution in [3.05, 3.63) is 83.2 Å². The van der Waals surface area contributed by atoms with Crippen LogP contribution in [0.4, 0.5) is 0 Å². The number of hydrogen-bond acceptors (Lipinski definition) is 8. The van der Waals surface area contributed by atoms with Crippen LogP contribution < -0.4 is 18.9 Å². The third kappa shape index (κ3) is 5.99. The maximum atomic E-state index is 13.5. The summed E-state index contributed by atoms with van der Waals surface area (Å²) in [6.07, 6.45) is 6.36. The van der Waals surface area contributed by atoms with Gasteiger partial charge in [0, 0.05) is 24.5 Å². The minimum atomic E-state index is -0.878. The fourth-order valence-electron chi connectivity index (χ4n) is 5.04. The third-order valence-corrected chi connectivity index (χ3v) is 7.02. The third-order valence-electron chi connectivity index (χ3n) is 7.02. The van der Waals surface area contributed by atoms with Gasteiger partial charge in [-0.1, -0.05) is 31.9 Å². The molecule has 0 saturated carbocycles. The number of carbonyl (C=O) groups excluding carboxylic acids is 2. The number of Topliss-reactive ketones (excluding diaryl/α,β-unsaturated/α-hetero) is 1. The highest BCUT2D eigenvalue weighted by molar-refractivity contribution is 6.46. The van der Waals surface area contributed by atoms with E-state index in [1.807, 2.05) is 19.1 Å². The molecule has 5 rings (SSSR count). The number of unbranched alkanes of at least 4 members (excludes halogenated alkanes) is 2. The van der Waals surface area contributed by atoms with Crippen LogP contribution in [0, 0.1) is 0 Å². The molecule has 9 heteroatoms. The minimum absolute atomic E-state index is 0.0189. The van der Waals surface area contributed by atoms with E-state index in [2.05, 4.69) is 11.9 Å². The Morgan fingerprint density at radius 1 is 1.00 bits per heavy atom. The van der Waals surface area contributed by atoms with Crippen LogP contribution in [0.2, 0.25) is 0 Å². The van der Waals surface area contributed by atoms with Crippen molar-refractivity contribution in [1.82, 2.24) is 9.88 Å². The first-order valence-electron chi connectivity index (χ1n) is 14.0. The van der Waals surface area contributed by atoms with E-state index in [-0.39, 0.29) is 17.9 Å². The Morgan fingerprint density at radius 3 is 2.59 bits per heavy atom. The lowest BCUT2D eigenvalue weighted by Gasteiger charge is -2.26. The molecule has 1 amide bonds. The second-order valence-corrected chi connectivity index (χ2v) is 9.84. The van der Waals surface area contributed by atoms with E-state index in [1.54, 1.807) is 48.8 Å². The number of aromatic nitrogens is 1. The van der Waals surface area contributed by atoms with Crippen LogP contribution in [0.15, 0.2) is 66.5 Å². The van der Waals surface area contributed by atoms with Crippen molar-refractivity contribution >= 4 is 17.4 Å². The van der Waals surface area contributed by atoms with Gasteiger partial charge in [0.1, 0.15) is 19.0 Å². The predicted molar refractivity (Wildman–Crippen MR) is 152 cm³/mol. The van der Waals surface area contributed by atoms with E-state index in [4.69, 9.17) is 18.9 Å². The summed E-state index contributed by atoms with van der Waals surface area (Å²) in [7, 11) is 0. The van der Waals surface area contributed by atoms with Crippen LogP contribution in [0.5, 0.6) is 23.0 Å². The Balaban J connectivity index is 1.59. The number of carbonyl (C=O) groups is 2. The van der Waals surface area contributed by atoms with Crippen LogP contribution in [0.1, 0.15) is 55.8 Å². The number of nitrogens with zero attached hydrogens (tertiary/aromatic N) is 2. The SMILES string of the molecule is CCCCCOc1ccc([C@H]2/C(=C(\O)c3ccc4c(c3)OCCO4)C(=O)C(=O)N2Cc2cccnc2)cc1OCC. The molecule has 1 aromatic heterocycles. The van der Waals surface area contributed by atoms with E-state index >= 15 is 0 Å².